The molecule has 1 rings (SSSR count). The standard InChI is InChI=1S/C7H15N3O4S/c1-8-6-3-4-10(5-6)15(12,13)9-7(11)14-2/h6,8H,3-5H2,1-2H3,(H,9,11). The van der Waals surface area contributed by atoms with E-state index >= 15 is 0 Å². The van der Waals surface area contributed by atoms with Crippen LogP contribution in [0.15, 0.2) is 0 Å². The minimum atomic E-state index is -3.75. The van der Waals surface area contributed by atoms with Crippen molar-refractivity contribution in [2.24, 2.45) is 0 Å². The number of carbonyl (C=O) groups is 1. The average molecular weight is 237 g/mol. The summed E-state index contributed by atoms with van der Waals surface area (Å²) in [7, 11) is -0.857. The van der Waals surface area contributed by atoms with E-state index in [2.05, 4.69) is 10.1 Å². The zero-order valence-corrected chi connectivity index (χ0v) is 9.50. The van der Waals surface area contributed by atoms with Gasteiger partial charge in [-0.05, 0) is 13.5 Å². The summed E-state index contributed by atoms with van der Waals surface area (Å²) >= 11 is 0. The predicted molar refractivity (Wildman–Crippen MR) is 53.5 cm³/mol. The summed E-state index contributed by atoms with van der Waals surface area (Å²) in [6, 6.07) is 0.138. The maximum absolute atomic E-state index is 11.5. The van der Waals surface area contributed by atoms with Crippen molar-refractivity contribution in [1.29, 1.82) is 0 Å². The fourth-order valence-electron chi connectivity index (χ4n) is 1.39. The number of hydrogen-bond donors (Lipinski definition) is 2. The molecule has 0 aliphatic carbocycles. The Hall–Kier alpha value is -0.860. The molecule has 15 heavy (non-hydrogen) atoms. The number of methoxy groups -OCH3 is 1. The number of nitrogens with one attached hydrogen (secondary N) is 2. The van der Waals surface area contributed by atoms with Gasteiger partial charge in [-0.25, -0.2) is 9.52 Å². The van der Waals surface area contributed by atoms with E-state index in [1.165, 1.54) is 4.31 Å². The van der Waals surface area contributed by atoms with Crippen molar-refractivity contribution in [1.82, 2.24) is 14.3 Å². The molecule has 1 heterocycles. The van der Waals surface area contributed by atoms with Crippen molar-refractivity contribution >= 4 is 16.3 Å². The van der Waals surface area contributed by atoms with Crippen LogP contribution >= 0.6 is 0 Å². The lowest BCUT2D eigenvalue weighted by Crippen LogP contribution is -2.43. The number of ether oxygens (including phenoxy) is 1. The summed E-state index contributed by atoms with van der Waals surface area (Å²) < 4.78 is 30.3. The second-order valence-electron chi connectivity index (χ2n) is 3.23. The summed E-state index contributed by atoms with van der Waals surface area (Å²) in [6.07, 6.45) is -0.235. The van der Waals surface area contributed by atoms with Gasteiger partial charge in [0.25, 0.3) is 0 Å². The Morgan fingerprint density at radius 1 is 1.53 bits per heavy atom. The van der Waals surface area contributed by atoms with Crippen molar-refractivity contribution < 1.29 is 17.9 Å². The summed E-state index contributed by atoms with van der Waals surface area (Å²) in [6.45, 7) is 0.765. The van der Waals surface area contributed by atoms with Gasteiger partial charge in [-0.2, -0.15) is 12.7 Å². The van der Waals surface area contributed by atoms with Crippen molar-refractivity contribution in [3.05, 3.63) is 0 Å². The topological polar surface area (TPSA) is 87.7 Å². The number of likely N-dealkylation sites (N-methyl/N-ethyl adjacent to an activating group) is 1. The molecule has 8 heteroatoms. The van der Waals surface area contributed by atoms with Crippen LogP contribution in [0.25, 0.3) is 0 Å². The molecular weight excluding hydrogens is 222 g/mol. The van der Waals surface area contributed by atoms with Crippen LogP contribution in [0.2, 0.25) is 0 Å². The zero-order valence-electron chi connectivity index (χ0n) is 8.69. The highest BCUT2D eigenvalue weighted by Gasteiger charge is 2.31. The molecule has 1 aliphatic heterocycles. The molecule has 0 aromatic heterocycles. The molecule has 0 aromatic carbocycles. The molecule has 0 spiro atoms. The van der Waals surface area contributed by atoms with Gasteiger partial charge in [0.2, 0.25) is 0 Å². The molecule has 1 amide bonds. The first-order valence-electron chi connectivity index (χ1n) is 4.52. The molecule has 88 valence electrons. The second kappa shape index (κ2) is 4.77. The van der Waals surface area contributed by atoms with Gasteiger partial charge in [-0.1, -0.05) is 0 Å². The van der Waals surface area contributed by atoms with Crippen molar-refractivity contribution in [3.8, 4) is 0 Å². The normalized spacial score (nSPS) is 22.7. The van der Waals surface area contributed by atoms with Crippen LogP contribution in [-0.2, 0) is 14.9 Å². The fraction of sp³-hybridized carbons (Fsp3) is 0.857. The van der Waals surface area contributed by atoms with Crippen molar-refractivity contribution in [3.63, 3.8) is 0 Å². The van der Waals surface area contributed by atoms with Gasteiger partial charge >= 0.3 is 16.3 Å². The molecule has 1 saturated heterocycles. The van der Waals surface area contributed by atoms with Crippen LogP contribution in [0.4, 0.5) is 4.79 Å². The molecule has 1 atom stereocenters. The highest BCUT2D eigenvalue weighted by molar-refractivity contribution is 7.87. The Morgan fingerprint density at radius 3 is 2.67 bits per heavy atom. The highest BCUT2D eigenvalue weighted by atomic mass is 32.2. The molecule has 0 bridgehead atoms. The fourth-order valence-corrected chi connectivity index (χ4v) is 2.54. The van der Waals surface area contributed by atoms with Gasteiger partial charge < -0.3 is 10.1 Å². The lowest BCUT2D eigenvalue weighted by molar-refractivity contribution is 0.177. The van der Waals surface area contributed by atoms with Crippen molar-refractivity contribution in [2.45, 2.75) is 12.5 Å². The van der Waals surface area contributed by atoms with E-state index in [1.54, 1.807) is 11.8 Å². The largest absolute Gasteiger partial charge is 0.452 e. The number of amides is 1. The molecule has 1 fully saturated rings. The number of nitrogens with zero attached hydrogens (tertiary/aromatic N) is 1. The third kappa shape index (κ3) is 3.05. The molecule has 1 aliphatic rings. The molecule has 2 N–H and O–H groups in total. The van der Waals surface area contributed by atoms with E-state index in [1.807, 2.05) is 0 Å². The summed E-state index contributed by atoms with van der Waals surface area (Å²) in [5.74, 6) is 0. The third-order valence-electron chi connectivity index (χ3n) is 2.30. The quantitative estimate of drug-likeness (QED) is 0.649. The van der Waals surface area contributed by atoms with Crippen LogP contribution in [-0.4, -0.2) is 52.1 Å². The first-order chi connectivity index (χ1) is 6.99. The minimum Gasteiger partial charge on any atom is -0.452 e. The van der Waals surface area contributed by atoms with Crippen LogP contribution < -0.4 is 10.0 Å². The van der Waals surface area contributed by atoms with E-state index in [9.17, 15) is 13.2 Å². The summed E-state index contributed by atoms with van der Waals surface area (Å²) in [4.78, 5) is 10.8. The Balaban J connectivity index is 2.60. The van der Waals surface area contributed by atoms with E-state index < -0.39 is 16.3 Å². The Bertz CT molecular complexity index is 329. The first-order valence-corrected chi connectivity index (χ1v) is 5.96. The molecule has 7 nitrogen and oxygen atoms in total. The van der Waals surface area contributed by atoms with E-state index in [4.69, 9.17) is 0 Å². The summed E-state index contributed by atoms with van der Waals surface area (Å²) in [5.41, 5.74) is 0. The van der Waals surface area contributed by atoms with Crippen molar-refractivity contribution in [2.75, 3.05) is 27.2 Å². The molecule has 0 aromatic rings. The van der Waals surface area contributed by atoms with Gasteiger partial charge in [0.15, 0.2) is 0 Å². The predicted octanol–water partition coefficient (Wildman–Crippen LogP) is -1.12. The smallest absolute Gasteiger partial charge is 0.421 e. The van der Waals surface area contributed by atoms with Crippen LogP contribution in [0.5, 0.6) is 0 Å². The highest BCUT2D eigenvalue weighted by Crippen LogP contribution is 2.12. The molecule has 0 radical (unpaired) electrons. The average Bonchev–Trinajstić information content (AvgIpc) is 2.65. The van der Waals surface area contributed by atoms with Crippen LogP contribution in [0.3, 0.4) is 0 Å². The SMILES string of the molecule is CNC1CCN(S(=O)(=O)NC(=O)OC)C1. The minimum absolute atomic E-state index is 0.138. The van der Waals surface area contributed by atoms with E-state index in [0.29, 0.717) is 13.1 Å². The monoisotopic (exact) mass is 237 g/mol. The lowest BCUT2D eigenvalue weighted by Gasteiger charge is -2.16. The Morgan fingerprint density at radius 2 is 2.20 bits per heavy atom. The van der Waals surface area contributed by atoms with Crippen LogP contribution in [0.1, 0.15) is 6.42 Å². The molecule has 1 unspecified atom stereocenters. The number of carbonyl (C=O) groups excluding carboxylic acids is 1. The zero-order chi connectivity index (χ0) is 11.5. The third-order valence-corrected chi connectivity index (χ3v) is 3.73. The number of rotatable bonds is 3. The van der Waals surface area contributed by atoms with Gasteiger partial charge in [0.1, 0.15) is 0 Å². The maximum Gasteiger partial charge on any atom is 0.421 e. The summed E-state index contributed by atoms with van der Waals surface area (Å²) in [5, 5.41) is 2.98. The van der Waals surface area contributed by atoms with E-state index in [-0.39, 0.29) is 6.04 Å². The van der Waals surface area contributed by atoms with Crippen LogP contribution in [0, 0.1) is 0 Å². The van der Waals surface area contributed by atoms with Gasteiger partial charge in [-0.3, -0.25) is 0 Å². The molecule has 0 saturated carbocycles. The van der Waals surface area contributed by atoms with E-state index in [0.717, 1.165) is 13.5 Å². The van der Waals surface area contributed by atoms with Gasteiger partial charge in [0.05, 0.1) is 7.11 Å². The first kappa shape index (κ1) is 12.2. The Kier molecular flexibility index (Phi) is 3.89. The maximum atomic E-state index is 11.5. The Labute approximate surface area is 89.0 Å². The molecular formula is C7H15N3O4S. The second-order valence-corrected chi connectivity index (χ2v) is 4.90. The van der Waals surface area contributed by atoms with Gasteiger partial charge in [0, 0.05) is 19.1 Å². The lowest BCUT2D eigenvalue weighted by atomic mass is 10.3. The number of hydrogen-bond acceptors (Lipinski definition) is 5. The van der Waals surface area contributed by atoms with Gasteiger partial charge in [-0.15, -0.1) is 0 Å².